The third-order valence-corrected chi connectivity index (χ3v) is 1.29. The van der Waals surface area contributed by atoms with Gasteiger partial charge < -0.3 is 5.73 Å². The van der Waals surface area contributed by atoms with E-state index in [0.29, 0.717) is 0 Å². The lowest BCUT2D eigenvalue weighted by atomic mass is 10.4. The third kappa shape index (κ3) is 3.56. The van der Waals surface area contributed by atoms with E-state index in [1.54, 1.807) is 0 Å². The molecule has 0 saturated heterocycles. The second-order valence-corrected chi connectivity index (χ2v) is 2.49. The molecule has 1 aromatic rings. The molecule has 1 heterocycles. The maximum Gasteiger partial charge on any atom is 0.295 e. The van der Waals surface area contributed by atoms with Gasteiger partial charge in [0.2, 0.25) is 5.91 Å². The van der Waals surface area contributed by atoms with Gasteiger partial charge in [-0.05, 0) is 6.07 Å². The van der Waals surface area contributed by atoms with E-state index in [-0.39, 0.29) is 5.69 Å². The molecule has 0 unspecified atom stereocenters. The van der Waals surface area contributed by atoms with Crippen LogP contribution in [-0.2, 0) is 9.63 Å². The molecule has 0 spiro atoms. The van der Waals surface area contributed by atoms with Crippen molar-refractivity contribution in [2.75, 3.05) is 6.61 Å². The summed E-state index contributed by atoms with van der Waals surface area (Å²) in [7, 11) is 0. The maximum absolute atomic E-state index is 11.2. The largest absolute Gasteiger partial charge is 0.368 e. The SMILES string of the molecule is NC(=O)CONC(=O)c1ccc(=O)[nH]n1. The Hall–Kier alpha value is -2.22. The third-order valence-electron chi connectivity index (χ3n) is 1.29. The summed E-state index contributed by atoms with van der Waals surface area (Å²) < 4.78 is 0. The molecular formula is C7H8N4O4. The van der Waals surface area contributed by atoms with Crippen LogP contribution in [0.15, 0.2) is 16.9 Å². The highest BCUT2D eigenvalue weighted by Crippen LogP contribution is 1.87. The number of rotatable bonds is 4. The monoisotopic (exact) mass is 212 g/mol. The van der Waals surface area contributed by atoms with E-state index in [2.05, 4.69) is 15.0 Å². The number of nitrogens with two attached hydrogens (primary N) is 1. The van der Waals surface area contributed by atoms with Crippen LogP contribution in [0, 0.1) is 0 Å². The average Bonchev–Trinajstić information content (AvgIpc) is 2.18. The Morgan fingerprint density at radius 1 is 1.53 bits per heavy atom. The number of amides is 2. The number of hydrogen-bond donors (Lipinski definition) is 3. The van der Waals surface area contributed by atoms with Crippen molar-refractivity contribution in [2.45, 2.75) is 0 Å². The Balaban J connectivity index is 2.50. The quantitative estimate of drug-likeness (QED) is 0.493. The minimum absolute atomic E-state index is 0.0425. The summed E-state index contributed by atoms with van der Waals surface area (Å²) in [6, 6.07) is 2.35. The number of nitrogens with one attached hydrogen (secondary N) is 2. The molecule has 0 aliphatic heterocycles. The topological polar surface area (TPSA) is 127 Å². The Bertz CT molecular complexity index is 407. The van der Waals surface area contributed by atoms with Crippen LogP contribution in [-0.4, -0.2) is 28.6 Å². The summed E-state index contributed by atoms with van der Waals surface area (Å²) in [5.74, 6) is -1.41. The molecule has 0 aliphatic rings. The van der Waals surface area contributed by atoms with E-state index in [9.17, 15) is 14.4 Å². The minimum Gasteiger partial charge on any atom is -0.368 e. The Morgan fingerprint density at radius 2 is 2.27 bits per heavy atom. The lowest BCUT2D eigenvalue weighted by Crippen LogP contribution is -2.30. The zero-order valence-electron chi connectivity index (χ0n) is 7.52. The molecule has 1 aromatic heterocycles. The van der Waals surface area contributed by atoms with Crippen molar-refractivity contribution in [2.24, 2.45) is 5.73 Å². The zero-order valence-corrected chi connectivity index (χ0v) is 7.52. The molecule has 4 N–H and O–H groups in total. The lowest BCUT2D eigenvalue weighted by molar-refractivity contribution is -0.124. The molecule has 0 bridgehead atoms. The maximum atomic E-state index is 11.2. The smallest absolute Gasteiger partial charge is 0.295 e. The average molecular weight is 212 g/mol. The first kappa shape index (κ1) is 10.9. The normalized spacial score (nSPS) is 9.60. The number of H-pyrrole nitrogens is 1. The number of hydrogen-bond acceptors (Lipinski definition) is 5. The van der Waals surface area contributed by atoms with Gasteiger partial charge in [0.15, 0.2) is 12.3 Å². The van der Waals surface area contributed by atoms with Crippen LogP contribution in [0.2, 0.25) is 0 Å². The number of aromatic nitrogens is 2. The molecule has 0 aliphatic carbocycles. The van der Waals surface area contributed by atoms with Gasteiger partial charge in [-0.1, -0.05) is 0 Å². The number of aromatic amines is 1. The first-order valence-electron chi connectivity index (χ1n) is 3.86. The van der Waals surface area contributed by atoms with Crippen molar-refractivity contribution in [3.63, 3.8) is 0 Å². The van der Waals surface area contributed by atoms with Gasteiger partial charge in [-0.15, -0.1) is 0 Å². The first-order valence-corrected chi connectivity index (χ1v) is 3.86. The molecule has 0 atom stereocenters. The van der Waals surface area contributed by atoms with E-state index in [0.717, 1.165) is 6.07 Å². The van der Waals surface area contributed by atoms with Crippen molar-refractivity contribution in [1.29, 1.82) is 0 Å². The molecule has 0 saturated carbocycles. The summed E-state index contributed by atoms with van der Waals surface area (Å²) in [4.78, 5) is 36.5. The zero-order chi connectivity index (χ0) is 11.3. The van der Waals surface area contributed by atoms with Crippen molar-refractivity contribution in [3.8, 4) is 0 Å². The fraction of sp³-hybridized carbons (Fsp3) is 0.143. The van der Waals surface area contributed by atoms with E-state index in [1.807, 2.05) is 5.48 Å². The minimum atomic E-state index is -0.718. The lowest BCUT2D eigenvalue weighted by Gasteiger charge is -2.02. The van der Waals surface area contributed by atoms with Gasteiger partial charge in [-0.25, -0.2) is 10.6 Å². The number of primary amides is 1. The van der Waals surface area contributed by atoms with Crippen molar-refractivity contribution >= 4 is 11.8 Å². The second-order valence-electron chi connectivity index (χ2n) is 2.49. The summed E-state index contributed by atoms with van der Waals surface area (Å²) in [6.45, 7) is -0.435. The van der Waals surface area contributed by atoms with Crippen molar-refractivity contribution < 1.29 is 14.4 Å². The highest BCUT2D eigenvalue weighted by molar-refractivity contribution is 5.91. The summed E-state index contributed by atoms with van der Waals surface area (Å²) >= 11 is 0. The van der Waals surface area contributed by atoms with Crippen molar-refractivity contribution in [1.82, 2.24) is 15.7 Å². The van der Waals surface area contributed by atoms with Crippen LogP contribution in [0.4, 0.5) is 0 Å². The van der Waals surface area contributed by atoms with Crippen LogP contribution in [0.3, 0.4) is 0 Å². The summed E-state index contributed by atoms with van der Waals surface area (Å²) in [6.07, 6.45) is 0. The molecular weight excluding hydrogens is 204 g/mol. The summed E-state index contributed by atoms with van der Waals surface area (Å²) in [5, 5.41) is 5.50. The van der Waals surface area contributed by atoms with Crippen LogP contribution >= 0.6 is 0 Å². The highest BCUT2D eigenvalue weighted by atomic mass is 16.7. The van der Waals surface area contributed by atoms with E-state index in [4.69, 9.17) is 5.73 Å². The van der Waals surface area contributed by atoms with Gasteiger partial charge in [0.1, 0.15) is 0 Å². The van der Waals surface area contributed by atoms with Crippen LogP contribution in [0.1, 0.15) is 10.5 Å². The van der Waals surface area contributed by atoms with Gasteiger partial charge >= 0.3 is 0 Å². The predicted molar refractivity (Wildman–Crippen MR) is 47.5 cm³/mol. The van der Waals surface area contributed by atoms with Crippen LogP contribution in [0.25, 0.3) is 0 Å². The number of carbonyl (C=O) groups is 2. The van der Waals surface area contributed by atoms with Crippen molar-refractivity contribution in [3.05, 3.63) is 28.2 Å². The number of carbonyl (C=O) groups excluding carboxylic acids is 2. The van der Waals surface area contributed by atoms with Gasteiger partial charge in [-0.3, -0.25) is 19.2 Å². The molecule has 80 valence electrons. The Labute approximate surface area is 83.4 Å². The Kier molecular flexibility index (Phi) is 3.52. The second kappa shape index (κ2) is 4.86. The predicted octanol–water partition coefficient (Wildman–Crippen LogP) is -2.08. The summed E-state index contributed by atoms with van der Waals surface area (Å²) in [5.41, 5.74) is 6.22. The molecule has 15 heavy (non-hydrogen) atoms. The van der Waals surface area contributed by atoms with Gasteiger partial charge in [-0.2, -0.15) is 5.10 Å². The number of hydroxylamine groups is 1. The van der Waals surface area contributed by atoms with E-state index >= 15 is 0 Å². The van der Waals surface area contributed by atoms with E-state index in [1.165, 1.54) is 6.07 Å². The molecule has 1 rings (SSSR count). The Morgan fingerprint density at radius 3 is 2.80 bits per heavy atom. The highest BCUT2D eigenvalue weighted by Gasteiger charge is 2.07. The van der Waals surface area contributed by atoms with Gasteiger partial charge in [0.25, 0.3) is 11.5 Å². The fourth-order valence-corrected chi connectivity index (χ4v) is 0.696. The molecule has 0 fully saturated rings. The van der Waals surface area contributed by atoms with Crippen LogP contribution < -0.4 is 16.8 Å². The molecule has 0 radical (unpaired) electrons. The standard InChI is InChI=1S/C7H8N4O4/c8-5(12)3-15-11-7(14)4-1-2-6(13)10-9-4/h1-2H,3H2,(H2,8,12)(H,10,13)(H,11,14). The van der Waals surface area contributed by atoms with Crippen LogP contribution in [0.5, 0.6) is 0 Å². The van der Waals surface area contributed by atoms with Gasteiger partial charge in [0, 0.05) is 6.07 Å². The molecule has 2 amide bonds. The fourth-order valence-electron chi connectivity index (χ4n) is 0.696. The molecule has 8 heteroatoms. The van der Waals surface area contributed by atoms with Gasteiger partial charge in [0.05, 0.1) is 0 Å². The molecule has 0 aromatic carbocycles. The molecule has 8 nitrogen and oxygen atoms in total. The van der Waals surface area contributed by atoms with E-state index < -0.39 is 24.0 Å². The first-order chi connectivity index (χ1) is 7.09. The number of nitrogens with zero attached hydrogens (tertiary/aromatic N) is 1.